The fraction of sp³-hybridized carbons (Fsp3) is 0.619. The van der Waals surface area contributed by atoms with Crippen LogP contribution in [0.1, 0.15) is 12.0 Å². The molecule has 6 aliphatic rings. The van der Waals surface area contributed by atoms with Crippen LogP contribution in [0.3, 0.4) is 0 Å². The lowest BCUT2D eigenvalue weighted by atomic mass is 9.35. The molecule has 4 bridgehead atoms. The van der Waals surface area contributed by atoms with Gasteiger partial charge in [-0.2, -0.15) is 0 Å². The van der Waals surface area contributed by atoms with Crippen LogP contribution >= 0.6 is 0 Å². The number of sulfone groups is 1. The quantitative estimate of drug-likeness (QED) is 0.725. The van der Waals surface area contributed by atoms with Gasteiger partial charge in [-0.25, -0.2) is 13.2 Å². The number of ketones is 1. The fourth-order valence-electron chi connectivity index (χ4n) is 7.93. The van der Waals surface area contributed by atoms with Gasteiger partial charge in [0.2, 0.25) is 0 Å². The van der Waals surface area contributed by atoms with E-state index in [0.717, 1.165) is 18.2 Å². The van der Waals surface area contributed by atoms with Crippen molar-refractivity contribution in [3.8, 4) is 0 Å². The summed E-state index contributed by atoms with van der Waals surface area (Å²) < 4.78 is 28.2. The van der Waals surface area contributed by atoms with Crippen molar-refractivity contribution >= 4 is 21.7 Å². The predicted octanol–water partition coefficient (Wildman–Crippen LogP) is 1.75. The molecular weight excluding hydrogens is 378 g/mol. The normalized spacial score (nSPS) is 43.0. The summed E-state index contributed by atoms with van der Waals surface area (Å²) in [5.41, 5.74) is 0.629. The summed E-state index contributed by atoms with van der Waals surface area (Å²) in [5, 5.41) is 0. The summed E-state index contributed by atoms with van der Waals surface area (Å²) in [5.74, 6) is 2.64. The third-order valence-corrected chi connectivity index (χ3v) is 9.27. The number of nitrogens with zero attached hydrogens (tertiary/aromatic N) is 1. The van der Waals surface area contributed by atoms with Gasteiger partial charge in [-0.05, 0) is 41.6 Å². The minimum Gasteiger partial charge on any atom is -0.448 e. The van der Waals surface area contributed by atoms with Gasteiger partial charge >= 0.3 is 6.09 Å². The molecule has 8 atom stereocenters. The van der Waals surface area contributed by atoms with Crippen molar-refractivity contribution in [3.05, 3.63) is 35.9 Å². The van der Waals surface area contributed by atoms with E-state index in [0.29, 0.717) is 36.0 Å². The molecule has 0 aromatic heterocycles. The Morgan fingerprint density at radius 1 is 1.21 bits per heavy atom. The SMILES string of the molecule is CS(=O)(=O)CCOC(=O)N(Cc1ccccc1)[C@@]12[C@@H]3[C@H]4C[C@@H]5[C@@H](C(=O)[C@@H]1[C@@H]53)[C@H]42. The van der Waals surface area contributed by atoms with E-state index in [1.165, 1.54) is 0 Å². The van der Waals surface area contributed by atoms with E-state index in [2.05, 4.69) is 0 Å². The molecule has 7 rings (SSSR count). The molecule has 0 spiro atoms. The molecule has 0 unspecified atom stereocenters. The van der Waals surface area contributed by atoms with Crippen molar-refractivity contribution in [2.45, 2.75) is 18.5 Å². The second kappa shape index (κ2) is 5.17. The van der Waals surface area contributed by atoms with Gasteiger partial charge in [-0.1, -0.05) is 30.3 Å². The standard InChI is InChI=1S/C21H23NO5S/c1-28(25,26)8-7-27-20(24)22(10-11-5-3-2-4-6-11)21-16-13-9-12-14(16)18(21)19(23)15(12)17(13)21/h2-6,12-18H,7-10H2,1H3/t12-,13+,14-,15+,16+,17-,18-,21+/m0/s1. The fourth-order valence-corrected chi connectivity index (χ4v) is 8.31. The van der Waals surface area contributed by atoms with Crippen LogP contribution in [0, 0.1) is 41.4 Å². The number of ether oxygens (including phenoxy) is 1. The van der Waals surface area contributed by atoms with Crippen LogP contribution in [0.15, 0.2) is 30.3 Å². The van der Waals surface area contributed by atoms with Crippen molar-refractivity contribution in [3.63, 3.8) is 0 Å². The van der Waals surface area contributed by atoms with Crippen molar-refractivity contribution in [2.75, 3.05) is 18.6 Å². The largest absolute Gasteiger partial charge is 0.448 e. The number of carbonyl (C=O) groups is 2. The summed E-state index contributed by atoms with van der Waals surface area (Å²) in [6, 6.07) is 9.76. The van der Waals surface area contributed by atoms with E-state index in [4.69, 9.17) is 4.74 Å². The number of amides is 1. The molecule has 1 aromatic rings. The van der Waals surface area contributed by atoms with Gasteiger partial charge in [0.15, 0.2) is 9.84 Å². The van der Waals surface area contributed by atoms with Gasteiger partial charge in [0.05, 0.1) is 11.3 Å². The molecule has 7 heteroatoms. The highest BCUT2D eigenvalue weighted by Gasteiger charge is 2.95. The second-order valence-electron chi connectivity index (χ2n) is 9.30. The topological polar surface area (TPSA) is 80.8 Å². The molecule has 0 heterocycles. The number of Topliss-reactive ketones (excluding diaryl/α,β-unsaturated/α-hetero) is 1. The van der Waals surface area contributed by atoms with Crippen LogP contribution in [-0.4, -0.2) is 49.3 Å². The third-order valence-electron chi connectivity index (χ3n) is 8.36. The van der Waals surface area contributed by atoms with E-state index in [-0.39, 0.29) is 35.7 Å². The van der Waals surface area contributed by atoms with Crippen molar-refractivity contribution < 1.29 is 22.7 Å². The molecule has 6 nitrogen and oxygen atoms in total. The van der Waals surface area contributed by atoms with Crippen LogP contribution in [-0.2, 0) is 25.9 Å². The van der Waals surface area contributed by atoms with Gasteiger partial charge < -0.3 is 4.74 Å². The predicted molar refractivity (Wildman–Crippen MR) is 99.8 cm³/mol. The molecular formula is C21H23NO5S. The maximum atomic E-state index is 13.1. The molecule has 0 saturated heterocycles. The first-order valence-corrected chi connectivity index (χ1v) is 12.1. The summed E-state index contributed by atoms with van der Waals surface area (Å²) in [6.07, 6.45) is 1.81. The van der Waals surface area contributed by atoms with Gasteiger partial charge in [0.25, 0.3) is 0 Å². The zero-order valence-electron chi connectivity index (χ0n) is 15.7. The number of hydrogen-bond donors (Lipinski definition) is 0. The van der Waals surface area contributed by atoms with Crippen molar-refractivity contribution in [1.82, 2.24) is 4.90 Å². The van der Waals surface area contributed by atoms with Gasteiger partial charge in [-0.3, -0.25) is 9.69 Å². The van der Waals surface area contributed by atoms with Crippen LogP contribution in [0.2, 0.25) is 0 Å². The lowest BCUT2D eigenvalue weighted by Gasteiger charge is -2.74. The summed E-state index contributed by atoms with van der Waals surface area (Å²) in [7, 11) is -3.20. The average Bonchev–Trinajstić information content (AvgIpc) is 3.15. The monoisotopic (exact) mass is 401 g/mol. The highest BCUT2D eigenvalue weighted by molar-refractivity contribution is 7.90. The highest BCUT2D eigenvalue weighted by atomic mass is 32.2. The third kappa shape index (κ3) is 1.78. The van der Waals surface area contributed by atoms with E-state index in [1.807, 2.05) is 30.3 Å². The smallest absolute Gasteiger partial charge is 0.410 e. The van der Waals surface area contributed by atoms with Crippen molar-refractivity contribution in [1.29, 1.82) is 0 Å². The molecule has 0 radical (unpaired) electrons. The number of benzene rings is 1. The van der Waals surface area contributed by atoms with Crippen LogP contribution in [0.4, 0.5) is 4.79 Å². The van der Waals surface area contributed by atoms with Crippen molar-refractivity contribution in [2.24, 2.45) is 41.4 Å². The van der Waals surface area contributed by atoms with E-state index >= 15 is 0 Å². The Kier molecular flexibility index (Phi) is 3.14. The van der Waals surface area contributed by atoms with E-state index < -0.39 is 15.9 Å². The molecule has 1 amide bonds. The lowest BCUT2D eigenvalue weighted by Crippen LogP contribution is -2.82. The molecule has 0 N–H and O–H groups in total. The first-order valence-electron chi connectivity index (χ1n) is 10.1. The van der Waals surface area contributed by atoms with Crippen LogP contribution < -0.4 is 0 Å². The first-order chi connectivity index (χ1) is 13.4. The Bertz CT molecular complexity index is 991. The van der Waals surface area contributed by atoms with Crippen LogP contribution in [0.5, 0.6) is 0 Å². The molecule has 6 fully saturated rings. The van der Waals surface area contributed by atoms with Gasteiger partial charge in [-0.15, -0.1) is 0 Å². The molecule has 6 aliphatic carbocycles. The maximum Gasteiger partial charge on any atom is 0.410 e. The van der Waals surface area contributed by atoms with Gasteiger partial charge in [0.1, 0.15) is 12.4 Å². The number of rotatable bonds is 6. The zero-order valence-corrected chi connectivity index (χ0v) is 16.5. The minimum absolute atomic E-state index is 0.0255. The second-order valence-corrected chi connectivity index (χ2v) is 11.6. The van der Waals surface area contributed by atoms with E-state index in [1.54, 1.807) is 4.90 Å². The van der Waals surface area contributed by atoms with Crippen LogP contribution in [0.25, 0.3) is 0 Å². The Hall–Kier alpha value is -1.89. The molecule has 6 saturated carbocycles. The molecule has 0 aliphatic heterocycles. The molecule has 1 aromatic carbocycles. The van der Waals surface area contributed by atoms with E-state index in [9.17, 15) is 18.0 Å². The lowest BCUT2D eigenvalue weighted by molar-refractivity contribution is -0.260. The zero-order chi connectivity index (χ0) is 19.4. The Morgan fingerprint density at radius 3 is 2.64 bits per heavy atom. The molecule has 28 heavy (non-hydrogen) atoms. The Balaban J connectivity index is 1.31. The minimum atomic E-state index is -3.20. The number of carbonyl (C=O) groups excluding carboxylic acids is 2. The summed E-state index contributed by atoms with van der Waals surface area (Å²) in [4.78, 5) is 27.9. The Morgan fingerprint density at radius 2 is 1.96 bits per heavy atom. The first kappa shape index (κ1) is 17.0. The maximum absolute atomic E-state index is 13.1. The molecule has 148 valence electrons. The average molecular weight is 401 g/mol. The Labute approximate surface area is 164 Å². The summed E-state index contributed by atoms with van der Waals surface area (Å²) in [6.45, 7) is 0.262. The summed E-state index contributed by atoms with van der Waals surface area (Å²) >= 11 is 0. The van der Waals surface area contributed by atoms with Gasteiger partial charge in [0, 0.05) is 24.6 Å². The number of hydrogen-bond acceptors (Lipinski definition) is 5. The highest BCUT2D eigenvalue weighted by Crippen LogP contribution is 2.90.